The van der Waals surface area contributed by atoms with Gasteiger partial charge in [0.25, 0.3) is 15.9 Å². The predicted molar refractivity (Wildman–Crippen MR) is 93.9 cm³/mol. The third kappa shape index (κ3) is 4.59. The van der Waals surface area contributed by atoms with Crippen molar-refractivity contribution in [1.82, 2.24) is 10.3 Å². The van der Waals surface area contributed by atoms with E-state index in [-0.39, 0.29) is 10.5 Å². The summed E-state index contributed by atoms with van der Waals surface area (Å²) >= 11 is 0. The number of anilines is 1. The molecule has 0 atom stereocenters. The third-order valence-electron chi connectivity index (χ3n) is 3.68. The molecule has 0 radical (unpaired) electrons. The highest BCUT2D eigenvalue weighted by Gasteiger charge is 2.28. The van der Waals surface area contributed by atoms with Crippen LogP contribution in [-0.4, -0.2) is 32.0 Å². The van der Waals surface area contributed by atoms with Crippen LogP contribution >= 0.6 is 0 Å². The SMILES string of the molecule is O=C(NCC(F)(F)F)c1ccc(S(=O)(=O)Nc2ccc3[nH]ccc3c2)cc1. The second-order valence-electron chi connectivity index (χ2n) is 5.71. The maximum atomic E-state index is 12.4. The molecule has 1 aromatic heterocycles. The molecular formula is C17H14F3N3O3S. The van der Waals surface area contributed by atoms with Crippen LogP contribution in [0.15, 0.2) is 59.6 Å². The van der Waals surface area contributed by atoms with Crippen LogP contribution in [0.25, 0.3) is 10.9 Å². The minimum absolute atomic E-state index is 0.0769. The molecule has 2 aromatic carbocycles. The van der Waals surface area contributed by atoms with E-state index in [1.165, 1.54) is 0 Å². The van der Waals surface area contributed by atoms with Gasteiger partial charge in [-0.05, 0) is 48.5 Å². The van der Waals surface area contributed by atoms with Gasteiger partial charge < -0.3 is 10.3 Å². The normalized spacial score (nSPS) is 12.1. The Hall–Kier alpha value is -3.01. The summed E-state index contributed by atoms with van der Waals surface area (Å²) in [4.78, 5) is 14.5. The molecule has 0 aliphatic rings. The Morgan fingerprint density at radius 3 is 2.41 bits per heavy atom. The average molecular weight is 397 g/mol. The largest absolute Gasteiger partial charge is 0.405 e. The van der Waals surface area contributed by atoms with Crippen molar-refractivity contribution in [2.75, 3.05) is 11.3 Å². The van der Waals surface area contributed by atoms with Gasteiger partial charge in [-0.2, -0.15) is 13.2 Å². The van der Waals surface area contributed by atoms with Crippen molar-refractivity contribution in [1.29, 1.82) is 0 Å². The smallest absolute Gasteiger partial charge is 0.361 e. The first-order chi connectivity index (χ1) is 12.6. The van der Waals surface area contributed by atoms with E-state index in [4.69, 9.17) is 0 Å². The quantitative estimate of drug-likeness (QED) is 0.617. The van der Waals surface area contributed by atoms with E-state index in [2.05, 4.69) is 9.71 Å². The van der Waals surface area contributed by atoms with Gasteiger partial charge in [0.15, 0.2) is 0 Å². The number of carbonyl (C=O) groups is 1. The Morgan fingerprint density at radius 2 is 1.74 bits per heavy atom. The fraction of sp³-hybridized carbons (Fsp3) is 0.118. The van der Waals surface area contributed by atoms with Gasteiger partial charge in [0, 0.05) is 28.4 Å². The average Bonchev–Trinajstić information content (AvgIpc) is 3.06. The zero-order chi connectivity index (χ0) is 19.7. The van der Waals surface area contributed by atoms with Crippen molar-refractivity contribution >= 4 is 32.5 Å². The third-order valence-corrected chi connectivity index (χ3v) is 5.08. The van der Waals surface area contributed by atoms with Crippen molar-refractivity contribution < 1.29 is 26.4 Å². The molecule has 0 unspecified atom stereocenters. The lowest BCUT2D eigenvalue weighted by Gasteiger charge is -2.10. The van der Waals surface area contributed by atoms with Gasteiger partial charge >= 0.3 is 6.18 Å². The highest BCUT2D eigenvalue weighted by molar-refractivity contribution is 7.92. The number of fused-ring (bicyclic) bond motifs is 1. The number of rotatable bonds is 5. The summed E-state index contributed by atoms with van der Waals surface area (Å²) < 4.78 is 63.7. The fourth-order valence-corrected chi connectivity index (χ4v) is 3.45. The Bertz CT molecular complexity index is 1070. The number of aromatic amines is 1. The summed E-state index contributed by atoms with van der Waals surface area (Å²) in [6.45, 7) is -1.46. The molecule has 0 saturated carbocycles. The number of H-pyrrole nitrogens is 1. The second-order valence-corrected chi connectivity index (χ2v) is 7.39. The van der Waals surface area contributed by atoms with Gasteiger partial charge in [0.1, 0.15) is 6.54 Å². The van der Waals surface area contributed by atoms with E-state index >= 15 is 0 Å². The highest BCUT2D eigenvalue weighted by atomic mass is 32.2. The van der Waals surface area contributed by atoms with E-state index in [0.717, 1.165) is 35.2 Å². The minimum atomic E-state index is -4.52. The van der Waals surface area contributed by atoms with Gasteiger partial charge in [-0.25, -0.2) is 8.42 Å². The molecule has 1 heterocycles. The van der Waals surface area contributed by atoms with Gasteiger partial charge in [-0.3, -0.25) is 9.52 Å². The summed E-state index contributed by atoms with van der Waals surface area (Å²) in [5.41, 5.74) is 1.13. The first-order valence-electron chi connectivity index (χ1n) is 7.69. The summed E-state index contributed by atoms with van der Waals surface area (Å²) in [5, 5.41) is 2.55. The van der Waals surface area contributed by atoms with E-state index in [9.17, 15) is 26.4 Å². The number of hydrogen-bond acceptors (Lipinski definition) is 3. The number of aromatic nitrogens is 1. The van der Waals surface area contributed by atoms with Crippen molar-refractivity contribution in [3.63, 3.8) is 0 Å². The van der Waals surface area contributed by atoms with Crippen LogP contribution in [0.2, 0.25) is 0 Å². The maximum Gasteiger partial charge on any atom is 0.405 e. The van der Waals surface area contributed by atoms with Crippen LogP contribution in [-0.2, 0) is 10.0 Å². The Labute approximate surface area is 152 Å². The zero-order valence-corrected chi connectivity index (χ0v) is 14.5. The maximum absolute atomic E-state index is 12.4. The van der Waals surface area contributed by atoms with Gasteiger partial charge in [-0.1, -0.05) is 0 Å². The van der Waals surface area contributed by atoms with Crippen molar-refractivity contribution in [3.05, 3.63) is 60.3 Å². The van der Waals surface area contributed by atoms with Crippen LogP contribution < -0.4 is 10.0 Å². The molecule has 10 heteroatoms. The van der Waals surface area contributed by atoms with Crippen molar-refractivity contribution in [3.8, 4) is 0 Å². The van der Waals surface area contributed by atoms with Crippen LogP contribution in [0.5, 0.6) is 0 Å². The van der Waals surface area contributed by atoms with E-state index in [1.54, 1.807) is 35.8 Å². The molecule has 0 saturated heterocycles. The first kappa shape index (κ1) is 18.8. The fourth-order valence-electron chi connectivity index (χ4n) is 2.40. The van der Waals surface area contributed by atoms with Crippen LogP contribution in [0.1, 0.15) is 10.4 Å². The molecular weight excluding hydrogens is 383 g/mol. The number of benzene rings is 2. The van der Waals surface area contributed by atoms with Gasteiger partial charge in [0.05, 0.1) is 4.90 Å². The monoisotopic (exact) mass is 397 g/mol. The van der Waals surface area contributed by atoms with Crippen LogP contribution in [0, 0.1) is 0 Å². The molecule has 0 fully saturated rings. The second kappa shape index (κ2) is 6.95. The number of nitrogens with one attached hydrogen (secondary N) is 3. The Kier molecular flexibility index (Phi) is 4.83. The number of sulfonamides is 1. The standard InChI is InChI=1S/C17H14F3N3O3S/c18-17(19,20)10-22-16(24)11-1-4-14(5-2-11)27(25,26)23-13-3-6-15-12(9-13)7-8-21-15/h1-9,21,23H,10H2,(H,22,24). The molecule has 0 spiro atoms. The van der Waals surface area contributed by atoms with Crippen LogP contribution in [0.4, 0.5) is 18.9 Å². The van der Waals surface area contributed by atoms with Crippen LogP contribution in [0.3, 0.4) is 0 Å². The van der Waals surface area contributed by atoms with E-state index < -0.39 is 28.7 Å². The van der Waals surface area contributed by atoms with Gasteiger partial charge in [0.2, 0.25) is 0 Å². The lowest BCUT2D eigenvalue weighted by Crippen LogP contribution is -2.33. The molecule has 1 amide bonds. The molecule has 0 aliphatic carbocycles. The molecule has 27 heavy (non-hydrogen) atoms. The first-order valence-corrected chi connectivity index (χ1v) is 9.17. The summed E-state index contributed by atoms with van der Waals surface area (Å²) in [6, 6.07) is 11.4. The molecule has 3 aromatic rings. The minimum Gasteiger partial charge on any atom is -0.361 e. The molecule has 142 valence electrons. The number of hydrogen-bond donors (Lipinski definition) is 3. The zero-order valence-electron chi connectivity index (χ0n) is 13.7. The van der Waals surface area contributed by atoms with E-state index in [0.29, 0.717) is 5.69 Å². The summed E-state index contributed by atoms with van der Waals surface area (Å²) in [6.07, 6.45) is -2.80. The van der Waals surface area contributed by atoms with Gasteiger partial charge in [-0.15, -0.1) is 0 Å². The highest BCUT2D eigenvalue weighted by Crippen LogP contribution is 2.21. The number of halogens is 3. The Morgan fingerprint density at radius 1 is 1.04 bits per heavy atom. The number of alkyl halides is 3. The molecule has 3 rings (SSSR count). The Balaban J connectivity index is 1.73. The lowest BCUT2D eigenvalue weighted by atomic mass is 10.2. The predicted octanol–water partition coefficient (Wildman–Crippen LogP) is 3.26. The number of amides is 1. The lowest BCUT2D eigenvalue weighted by molar-refractivity contribution is -0.123. The summed E-state index contributed by atoms with van der Waals surface area (Å²) in [5.74, 6) is -0.942. The topological polar surface area (TPSA) is 91.1 Å². The van der Waals surface area contributed by atoms with E-state index in [1.807, 2.05) is 0 Å². The number of carbonyl (C=O) groups excluding carboxylic acids is 1. The molecule has 0 bridgehead atoms. The molecule has 0 aliphatic heterocycles. The molecule has 6 nitrogen and oxygen atoms in total. The summed E-state index contributed by atoms with van der Waals surface area (Å²) in [7, 11) is -3.91. The molecule has 3 N–H and O–H groups in total. The van der Waals surface area contributed by atoms with Crippen molar-refractivity contribution in [2.45, 2.75) is 11.1 Å². The van der Waals surface area contributed by atoms with Crippen molar-refractivity contribution in [2.24, 2.45) is 0 Å².